The fourth-order valence-corrected chi connectivity index (χ4v) is 1.45. The molecule has 0 N–H and O–H groups in total. The van der Waals surface area contributed by atoms with E-state index < -0.39 is 16.8 Å². The Balaban J connectivity index is 3.35. The van der Waals surface area contributed by atoms with Gasteiger partial charge in [-0.05, 0) is 31.0 Å². The van der Waals surface area contributed by atoms with E-state index in [0.717, 1.165) is 6.07 Å². The van der Waals surface area contributed by atoms with Crippen LogP contribution in [0.15, 0.2) is 12.1 Å². The Morgan fingerprint density at radius 1 is 1.21 bits per heavy atom. The molecule has 5 heteroatoms. The van der Waals surface area contributed by atoms with E-state index in [2.05, 4.69) is 6.92 Å². The summed E-state index contributed by atoms with van der Waals surface area (Å²) in [6, 6.07) is 2.34. The van der Waals surface area contributed by atoms with E-state index in [1.54, 1.807) is 0 Å². The first-order chi connectivity index (χ1) is 6.36. The van der Waals surface area contributed by atoms with E-state index in [1.807, 2.05) is 0 Å². The highest BCUT2D eigenvalue weighted by atomic mass is 35.5. The maximum Gasteiger partial charge on any atom is 0.417 e. The van der Waals surface area contributed by atoms with Crippen molar-refractivity contribution in [1.82, 2.24) is 0 Å². The zero-order valence-electron chi connectivity index (χ0n) is 6.96. The van der Waals surface area contributed by atoms with Gasteiger partial charge in [-0.25, -0.2) is 0 Å². The molecule has 1 rings (SSSR count). The second-order valence-electron chi connectivity index (χ2n) is 2.69. The maximum atomic E-state index is 12.4. The second kappa shape index (κ2) is 3.99. The summed E-state index contributed by atoms with van der Waals surface area (Å²) in [5.74, 6) is 0. The van der Waals surface area contributed by atoms with E-state index in [0.29, 0.717) is 5.56 Å². The summed E-state index contributed by atoms with van der Waals surface area (Å²) in [7, 11) is 0. The van der Waals surface area contributed by atoms with Gasteiger partial charge in [-0.15, -0.1) is 0 Å². The smallest absolute Gasteiger partial charge is 0.166 e. The summed E-state index contributed by atoms with van der Waals surface area (Å²) in [6.45, 7) is 3.48. The molecule has 0 spiro atoms. The normalized spacial score (nSPS) is 11.9. The van der Waals surface area contributed by atoms with Crippen LogP contribution >= 0.6 is 23.2 Å². The summed E-state index contributed by atoms with van der Waals surface area (Å²) in [5.41, 5.74) is -0.503. The SMILES string of the molecule is [CH2]Cc1cc(Cl)c(Cl)c(C(F)(F)F)c1. The minimum atomic E-state index is -4.48. The number of rotatable bonds is 1. The Morgan fingerprint density at radius 2 is 1.79 bits per heavy atom. The van der Waals surface area contributed by atoms with Gasteiger partial charge in [-0.2, -0.15) is 13.2 Å². The number of alkyl halides is 3. The van der Waals surface area contributed by atoms with Gasteiger partial charge in [0.2, 0.25) is 0 Å². The molecule has 0 amide bonds. The minimum absolute atomic E-state index is 0.0971. The van der Waals surface area contributed by atoms with Gasteiger partial charge in [0.1, 0.15) is 0 Å². The molecule has 0 saturated carbocycles. The largest absolute Gasteiger partial charge is 0.417 e. The molecule has 0 aliphatic heterocycles. The van der Waals surface area contributed by atoms with Gasteiger partial charge in [-0.1, -0.05) is 23.2 Å². The number of benzene rings is 1. The molecular weight excluding hydrogens is 236 g/mol. The molecule has 0 saturated heterocycles. The Bertz CT molecular complexity index is 345. The average molecular weight is 242 g/mol. The second-order valence-corrected chi connectivity index (χ2v) is 3.47. The molecule has 77 valence electrons. The lowest BCUT2D eigenvalue weighted by Crippen LogP contribution is -2.07. The molecule has 0 nitrogen and oxygen atoms in total. The quantitative estimate of drug-likeness (QED) is 0.685. The molecule has 0 atom stereocenters. The van der Waals surface area contributed by atoms with Crippen LogP contribution in [0.5, 0.6) is 0 Å². The van der Waals surface area contributed by atoms with Crippen LogP contribution in [0.2, 0.25) is 10.0 Å². The molecule has 1 aromatic carbocycles. The van der Waals surface area contributed by atoms with Crippen molar-refractivity contribution < 1.29 is 13.2 Å². The highest BCUT2D eigenvalue weighted by Crippen LogP contribution is 2.38. The number of hydrogen-bond donors (Lipinski definition) is 0. The van der Waals surface area contributed by atoms with Crippen LogP contribution in [0.25, 0.3) is 0 Å². The molecule has 14 heavy (non-hydrogen) atoms. The van der Waals surface area contributed by atoms with Crippen LogP contribution in [0, 0.1) is 6.92 Å². The predicted molar refractivity (Wildman–Crippen MR) is 50.5 cm³/mol. The van der Waals surface area contributed by atoms with Crippen LogP contribution in [0.1, 0.15) is 11.1 Å². The molecule has 0 heterocycles. The fraction of sp³-hybridized carbons (Fsp3) is 0.222. The zero-order chi connectivity index (χ0) is 10.9. The van der Waals surface area contributed by atoms with E-state index in [-0.39, 0.29) is 11.4 Å². The summed E-state index contributed by atoms with van der Waals surface area (Å²) in [6.07, 6.45) is -4.24. The van der Waals surface area contributed by atoms with E-state index in [9.17, 15) is 13.2 Å². The third kappa shape index (κ3) is 2.34. The molecule has 0 bridgehead atoms. The molecule has 0 unspecified atom stereocenters. The highest BCUT2D eigenvalue weighted by molar-refractivity contribution is 6.42. The Kier molecular flexibility index (Phi) is 3.32. The van der Waals surface area contributed by atoms with Crippen molar-refractivity contribution in [2.45, 2.75) is 12.6 Å². The molecule has 0 aliphatic rings. The predicted octanol–water partition coefficient (Wildman–Crippen LogP) is 4.39. The van der Waals surface area contributed by atoms with E-state index in [4.69, 9.17) is 23.2 Å². The van der Waals surface area contributed by atoms with Crippen LogP contribution in [0.4, 0.5) is 13.2 Å². The van der Waals surface area contributed by atoms with Gasteiger partial charge in [-0.3, -0.25) is 0 Å². The third-order valence-corrected chi connectivity index (χ3v) is 2.48. The highest BCUT2D eigenvalue weighted by Gasteiger charge is 2.34. The van der Waals surface area contributed by atoms with Gasteiger partial charge >= 0.3 is 6.18 Å². The number of halogens is 5. The van der Waals surface area contributed by atoms with Crippen molar-refractivity contribution in [3.63, 3.8) is 0 Å². The maximum absolute atomic E-state index is 12.4. The summed E-state index contributed by atoms with van der Waals surface area (Å²) in [4.78, 5) is 0. The molecule has 0 aliphatic carbocycles. The molecule has 0 fully saturated rings. The molecule has 1 radical (unpaired) electrons. The van der Waals surface area contributed by atoms with Crippen LogP contribution in [-0.2, 0) is 12.6 Å². The fourth-order valence-electron chi connectivity index (χ4n) is 0.996. The Labute approximate surface area is 89.6 Å². The third-order valence-electron chi connectivity index (χ3n) is 1.68. The first-order valence-electron chi connectivity index (χ1n) is 3.70. The molecule has 1 aromatic rings. The van der Waals surface area contributed by atoms with Gasteiger partial charge in [0.15, 0.2) is 0 Å². The van der Waals surface area contributed by atoms with Crippen molar-refractivity contribution in [2.24, 2.45) is 0 Å². The van der Waals surface area contributed by atoms with Gasteiger partial charge < -0.3 is 0 Å². The summed E-state index contributed by atoms with van der Waals surface area (Å²) >= 11 is 11.0. The van der Waals surface area contributed by atoms with E-state index >= 15 is 0 Å². The standard InChI is InChI=1S/C9H6Cl2F3/c1-2-5-3-6(9(12,13)14)8(11)7(10)4-5/h3-4H,1-2H2. The monoisotopic (exact) mass is 241 g/mol. The first-order valence-corrected chi connectivity index (χ1v) is 4.46. The van der Waals surface area contributed by atoms with E-state index in [1.165, 1.54) is 6.07 Å². The lowest BCUT2D eigenvalue weighted by Gasteiger charge is -2.11. The first kappa shape index (κ1) is 11.7. The summed E-state index contributed by atoms with van der Waals surface area (Å²) < 4.78 is 37.1. The average Bonchev–Trinajstić information content (AvgIpc) is 2.07. The van der Waals surface area contributed by atoms with Crippen molar-refractivity contribution in [2.75, 3.05) is 0 Å². The lowest BCUT2D eigenvalue weighted by molar-refractivity contribution is -0.137. The van der Waals surface area contributed by atoms with Crippen LogP contribution in [-0.4, -0.2) is 0 Å². The van der Waals surface area contributed by atoms with Gasteiger partial charge in [0.05, 0.1) is 15.6 Å². The van der Waals surface area contributed by atoms with Gasteiger partial charge in [0.25, 0.3) is 0 Å². The number of hydrogen-bond acceptors (Lipinski definition) is 0. The topological polar surface area (TPSA) is 0 Å². The zero-order valence-corrected chi connectivity index (χ0v) is 8.47. The lowest BCUT2D eigenvalue weighted by atomic mass is 10.1. The van der Waals surface area contributed by atoms with Crippen molar-refractivity contribution in [3.8, 4) is 0 Å². The molecular formula is C9H6Cl2F3. The van der Waals surface area contributed by atoms with Crippen LogP contribution in [0.3, 0.4) is 0 Å². The summed E-state index contributed by atoms with van der Waals surface area (Å²) in [5, 5.41) is -0.559. The minimum Gasteiger partial charge on any atom is -0.166 e. The van der Waals surface area contributed by atoms with Crippen molar-refractivity contribution >= 4 is 23.2 Å². The van der Waals surface area contributed by atoms with Crippen molar-refractivity contribution in [3.05, 3.63) is 40.2 Å². The Hall–Kier alpha value is -0.410. The Morgan fingerprint density at radius 3 is 2.21 bits per heavy atom. The molecule has 0 aromatic heterocycles. The van der Waals surface area contributed by atoms with Gasteiger partial charge in [0, 0.05) is 0 Å². The van der Waals surface area contributed by atoms with Crippen molar-refractivity contribution in [1.29, 1.82) is 0 Å². The van der Waals surface area contributed by atoms with Crippen LogP contribution < -0.4 is 0 Å².